The van der Waals surface area contributed by atoms with Crippen molar-refractivity contribution >= 4 is 223 Å². The summed E-state index contributed by atoms with van der Waals surface area (Å²) in [7, 11) is -16.8. The van der Waals surface area contributed by atoms with Crippen LogP contribution in [-0.4, -0.2) is 112 Å². The number of aromatic nitrogens is 11. The normalized spacial score (nSPS) is 11.7. The number of pyridine rings is 7. The first kappa shape index (κ1) is 91.3. The number of carbonyl (C=O) groups excluding carboxylic acids is 4. The first-order valence-electron chi connectivity index (χ1n) is 36.1. The van der Waals surface area contributed by atoms with Gasteiger partial charge in [-0.05, 0) is 176 Å². The Morgan fingerprint density at radius 1 is 0.373 bits per heavy atom. The SMILES string of the molecule is CC(C)c1cc(S(=O)(=O)Nc2cc(Cl)cnc2C(=O)c2ccnc3[nH]ccc23)ccc1Cl.Cc1ccc(S(=O)(=O)Nc2cc(Cl)cnc2C(=O)c2ccnc3[nH]ccc23)cc1Cl.N#Cc1ccc(S(=O)(=O)Nc2cc(Cl)cnc2C(=O)c2ccnc3[nH]ccc23)cc1Cl.O=C(c1ccc(Cl)cc1NS(=O)(=O)c1ccc(Cl)c(C(F)(F)F)c1)c1ccnc2[nH]ccc12. The van der Waals surface area contributed by atoms with Gasteiger partial charge in [0.1, 0.15) is 45.7 Å². The molecule has 0 aliphatic rings. The number of hydrogen-bond acceptors (Lipinski definition) is 20. The molecule has 43 heteroatoms. The van der Waals surface area contributed by atoms with E-state index in [1.54, 1.807) is 74.2 Å². The van der Waals surface area contributed by atoms with Gasteiger partial charge in [0.05, 0.1) is 78.6 Å². The van der Waals surface area contributed by atoms with Crippen molar-refractivity contribution in [1.82, 2.24) is 54.8 Å². The van der Waals surface area contributed by atoms with Gasteiger partial charge < -0.3 is 19.9 Å². The minimum Gasteiger partial charge on any atom is -0.346 e. The summed E-state index contributed by atoms with van der Waals surface area (Å²) in [6.07, 6.45) is 11.4. The second-order valence-electron chi connectivity index (χ2n) is 27.1. The average Bonchev–Trinajstić information content (AvgIpc) is 1.23. The zero-order chi connectivity index (χ0) is 90.6. The average molecular weight is 1940 g/mol. The molecule has 640 valence electrons. The van der Waals surface area contributed by atoms with E-state index in [0.717, 1.165) is 23.8 Å². The Hall–Kier alpha value is -12.4. The van der Waals surface area contributed by atoms with Crippen molar-refractivity contribution in [2.75, 3.05) is 18.9 Å². The van der Waals surface area contributed by atoms with E-state index in [4.69, 9.17) is 98.1 Å². The molecule has 0 amide bonds. The van der Waals surface area contributed by atoms with Crippen molar-refractivity contribution in [1.29, 1.82) is 5.26 Å². The van der Waals surface area contributed by atoms with Crippen LogP contribution in [0.1, 0.15) is 106 Å². The number of nitrogens with zero attached hydrogens (tertiary/aromatic N) is 8. The molecule has 11 aromatic heterocycles. The van der Waals surface area contributed by atoms with Crippen molar-refractivity contribution < 1.29 is 66.0 Å². The van der Waals surface area contributed by atoms with Gasteiger partial charge in [-0.25, -0.2) is 68.6 Å². The lowest BCUT2D eigenvalue weighted by Gasteiger charge is -2.15. The number of ketones is 4. The van der Waals surface area contributed by atoms with Gasteiger partial charge in [-0.3, -0.25) is 38.1 Å². The van der Waals surface area contributed by atoms with Gasteiger partial charge in [-0.2, -0.15) is 18.4 Å². The fourth-order valence-corrected chi connectivity index (χ4v) is 18.5. The van der Waals surface area contributed by atoms with Crippen LogP contribution in [0.4, 0.5) is 35.9 Å². The minimum atomic E-state index is -4.86. The van der Waals surface area contributed by atoms with E-state index in [9.17, 15) is 66.0 Å². The Kier molecular flexibility index (Phi) is 27.1. The number of nitrogens with one attached hydrogen (secondary N) is 8. The van der Waals surface area contributed by atoms with Gasteiger partial charge in [0, 0.05) is 133 Å². The molecule has 0 saturated carbocycles. The predicted molar refractivity (Wildman–Crippen MR) is 475 cm³/mol. The Morgan fingerprint density at radius 2 is 0.714 bits per heavy atom. The van der Waals surface area contributed by atoms with E-state index in [-0.39, 0.29) is 102 Å². The number of aromatic amines is 4. The first-order valence-corrected chi connectivity index (χ1v) is 45.0. The summed E-state index contributed by atoms with van der Waals surface area (Å²) in [5.41, 5.74) is 2.78. The molecule has 0 saturated heterocycles. The van der Waals surface area contributed by atoms with Crippen LogP contribution in [0, 0.1) is 18.3 Å². The number of fused-ring (bicyclic) bond motifs is 4. The Balaban J connectivity index is 0.000000144. The molecule has 0 aliphatic carbocycles. The summed E-state index contributed by atoms with van der Waals surface area (Å²) in [4.78, 5) is 92.6. The molecule has 11 heterocycles. The molecular weight excluding hydrogens is 1880 g/mol. The zero-order valence-corrected chi connectivity index (χ0v) is 73.5. The largest absolute Gasteiger partial charge is 0.417 e. The maximum Gasteiger partial charge on any atom is 0.417 e. The molecule has 0 spiro atoms. The Labute approximate surface area is 753 Å². The zero-order valence-electron chi connectivity index (χ0n) is 64.2. The van der Waals surface area contributed by atoms with Crippen LogP contribution < -0.4 is 18.9 Å². The highest BCUT2D eigenvalue weighted by Gasteiger charge is 2.36. The van der Waals surface area contributed by atoms with Crippen molar-refractivity contribution in [3.8, 4) is 6.07 Å². The van der Waals surface area contributed by atoms with Crippen molar-refractivity contribution in [3.63, 3.8) is 0 Å². The fourth-order valence-electron chi connectivity index (χ4n) is 12.4. The summed E-state index contributed by atoms with van der Waals surface area (Å²) in [5.74, 6) is -1.97. The number of rotatable bonds is 21. The standard InChI is InChI=1S/C22H18Cl2N4O3S.C21H12Cl2F3N3O3S.C20H11Cl2N5O3S.C20H14Cl2N4O3S/c1-12(2)17-10-14(3-4-18(17)24)32(30,31)28-19-9-13(23)11-27-20(19)21(29)15-5-7-25-22-16(15)6-8-26-22;22-11-1-3-15(19(30)13-5-7-27-20-14(13)6-8-28-20)18(9-11)29-33(31,32)12-2-4-17(23)16(10-12)21(24,25)26;21-12-7-17(27-31(29,30)13-2-1-11(9-23)16(22)8-13)18(26-10-12)19(28)14-3-5-24-20-15(14)4-6-25-20;1-11-2-3-13(9-16(11)22)30(28,29)26-17-8-12(21)10-25-18(17)19(27)14-4-6-23-20-15(14)5-7-24-20/h3-12,28H,1-2H3,(H,25,26);1-10,29H,(H,27,28);1-8,10,27H,(H,24,25);2-10,26H,1H3,(H,23,24). The third kappa shape index (κ3) is 20.3. The number of nitriles is 1. The summed E-state index contributed by atoms with van der Waals surface area (Å²) in [6.45, 7) is 5.60. The third-order valence-electron chi connectivity index (χ3n) is 18.5. The van der Waals surface area contributed by atoms with Crippen LogP contribution in [0.5, 0.6) is 0 Å². The van der Waals surface area contributed by atoms with Crippen LogP contribution in [0.3, 0.4) is 0 Å². The molecule has 126 heavy (non-hydrogen) atoms. The van der Waals surface area contributed by atoms with Crippen molar-refractivity contribution in [2.45, 2.75) is 52.4 Å². The van der Waals surface area contributed by atoms with Crippen LogP contribution >= 0.6 is 92.8 Å². The molecular formula is C83H55Cl8F3N16O12S4. The molecule has 16 rings (SSSR count). The van der Waals surface area contributed by atoms with Gasteiger partial charge in [0.25, 0.3) is 40.1 Å². The van der Waals surface area contributed by atoms with E-state index in [1.165, 1.54) is 134 Å². The van der Waals surface area contributed by atoms with E-state index >= 15 is 0 Å². The lowest BCUT2D eigenvalue weighted by molar-refractivity contribution is -0.137. The Morgan fingerprint density at radius 3 is 1.09 bits per heavy atom. The number of hydrogen-bond donors (Lipinski definition) is 8. The van der Waals surface area contributed by atoms with Crippen LogP contribution in [0.25, 0.3) is 44.1 Å². The summed E-state index contributed by atoms with van der Waals surface area (Å²) in [5, 5.41) is 12.0. The quantitative estimate of drug-likeness (QED) is 0.0310. The molecule has 0 bridgehead atoms. The molecule has 5 aromatic carbocycles. The third-order valence-corrected chi connectivity index (χ3v) is 26.2. The van der Waals surface area contributed by atoms with Gasteiger partial charge in [0.2, 0.25) is 17.3 Å². The number of sulfonamides is 4. The topological polar surface area (TPSA) is 430 Å². The molecule has 16 aromatic rings. The molecule has 8 N–H and O–H groups in total. The maximum atomic E-state index is 13.3. The number of aryl methyl sites for hydroxylation is 1. The lowest BCUT2D eigenvalue weighted by atomic mass is 10.0. The second kappa shape index (κ2) is 37.4. The number of carbonyl (C=O) groups is 4. The fraction of sp³-hybridized carbons (Fsp3) is 0.0602. The number of alkyl halides is 3. The van der Waals surface area contributed by atoms with E-state index in [1.807, 2.05) is 19.9 Å². The smallest absolute Gasteiger partial charge is 0.346 e. The first-order chi connectivity index (χ1) is 59.7. The molecule has 0 unspecified atom stereocenters. The molecule has 0 fully saturated rings. The van der Waals surface area contributed by atoms with Crippen LogP contribution in [0.2, 0.25) is 40.2 Å². The van der Waals surface area contributed by atoms with Gasteiger partial charge in [0.15, 0.2) is 5.78 Å². The Bertz CT molecular complexity index is 7630. The molecule has 0 radical (unpaired) electrons. The summed E-state index contributed by atoms with van der Waals surface area (Å²) >= 11 is 47.9. The number of halogens is 11. The highest BCUT2D eigenvalue weighted by molar-refractivity contribution is 7.93. The minimum absolute atomic E-state index is 0.0147. The van der Waals surface area contributed by atoms with Gasteiger partial charge in [-0.15, -0.1) is 0 Å². The van der Waals surface area contributed by atoms with E-state index in [0.29, 0.717) is 82.5 Å². The number of benzene rings is 5. The molecule has 0 atom stereocenters. The summed E-state index contributed by atoms with van der Waals surface area (Å²) in [6, 6.07) is 37.3. The van der Waals surface area contributed by atoms with Crippen LogP contribution in [-0.2, 0) is 46.3 Å². The molecule has 28 nitrogen and oxygen atoms in total. The monoisotopic (exact) mass is 1930 g/mol. The highest BCUT2D eigenvalue weighted by Crippen LogP contribution is 2.39. The number of H-pyrrole nitrogens is 4. The predicted octanol–water partition coefficient (Wildman–Crippen LogP) is 20.1. The maximum absolute atomic E-state index is 13.3. The van der Waals surface area contributed by atoms with Crippen LogP contribution in [0.15, 0.2) is 245 Å². The summed E-state index contributed by atoms with van der Waals surface area (Å²) < 4.78 is 153. The van der Waals surface area contributed by atoms with E-state index in [2.05, 4.69) is 73.7 Å². The van der Waals surface area contributed by atoms with Gasteiger partial charge in [-0.1, -0.05) is 113 Å². The second-order valence-corrected chi connectivity index (χ2v) is 37.2. The lowest BCUT2D eigenvalue weighted by Crippen LogP contribution is -2.17. The number of anilines is 4. The van der Waals surface area contributed by atoms with Crippen molar-refractivity contribution in [2.24, 2.45) is 0 Å². The molecule has 0 aliphatic heterocycles. The van der Waals surface area contributed by atoms with E-state index < -0.39 is 84.9 Å². The van der Waals surface area contributed by atoms with Crippen molar-refractivity contribution in [3.05, 3.63) is 333 Å². The highest BCUT2D eigenvalue weighted by atomic mass is 35.5. The van der Waals surface area contributed by atoms with Gasteiger partial charge >= 0.3 is 6.18 Å².